The predicted molar refractivity (Wildman–Crippen MR) is 134 cm³/mol. The van der Waals surface area contributed by atoms with E-state index in [-0.39, 0.29) is 34.4 Å². The number of phenols is 1. The van der Waals surface area contributed by atoms with E-state index in [1.54, 1.807) is 16.7 Å². The van der Waals surface area contributed by atoms with Crippen molar-refractivity contribution in [1.82, 2.24) is 4.57 Å². The van der Waals surface area contributed by atoms with Crippen molar-refractivity contribution in [1.29, 1.82) is 0 Å². The Morgan fingerprint density at radius 3 is 2.64 bits per heavy atom. The molecule has 0 aliphatic carbocycles. The second kappa shape index (κ2) is 7.42. The molecule has 0 fully saturated rings. The number of carbonyl (C=O) groups excluding carboxylic acids is 1. The van der Waals surface area contributed by atoms with Gasteiger partial charge in [-0.25, -0.2) is 0 Å². The van der Waals surface area contributed by atoms with Gasteiger partial charge in [0, 0.05) is 29.7 Å². The Labute approximate surface area is 203 Å². The SMILES string of the molecule is O=C1CC(c2cc3cccc4c3n(c2=O)CC4)c2c(cc(O)c3c(=O)c(-c4ccccc4)coc23)O1. The number of nitrogens with zero attached hydrogens (tertiary/aromatic N) is 1. The molecule has 0 amide bonds. The molecule has 7 nitrogen and oxygen atoms in total. The number of hydrogen-bond donors (Lipinski definition) is 1. The Hall–Kier alpha value is -4.65. The number of aromatic nitrogens is 1. The summed E-state index contributed by atoms with van der Waals surface area (Å²) in [6.07, 6.45) is 2.04. The van der Waals surface area contributed by atoms with Crippen molar-refractivity contribution in [3.63, 3.8) is 0 Å². The lowest BCUT2D eigenvalue weighted by Crippen LogP contribution is -2.29. The summed E-state index contributed by atoms with van der Waals surface area (Å²) in [5.41, 5.74) is 3.36. The van der Waals surface area contributed by atoms with Crippen molar-refractivity contribution in [2.75, 3.05) is 0 Å². The molecule has 4 heterocycles. The molecule has 0 saturated carbocycles. The summed E-state index contributed by atoms with van der Waals surface area (Å²) in [5, 5.41) is 11.7. The van der Waals surface area contributed by atoms with Crippen LogP contribution in [0.4, 0.5) is 0 Å². The smallest absolute Gasteiger partial charge is 0.312 e. The molecule has 7 rings (SSSR count). The largest absolute Gasteiger partial charge is 0.507 e. The minimum absolute atomic E-state index is 0.00855. The standard InChI is InChI=1S/C29H19NO6/c31-21-13-22-24(28-25(21)27(33)20(14-35-28)15-5-2-1-3-6-15)18(12-23(32)36-22)19-11-17-8-4-7-16-9-10-30(26(16)17)29(19)34/h1-8,11,13-14,18,31H,9-10,12H2. The topological polar surface area (TPSA) is 98.7 Å². The quantitative estimate of drug-likeness (QED) is 0.297. The zero-order valence-corrected chi connectivity index (χ0v) is 19.0. The first kappa shape index (κ1) is 20.7. The van der Waals surface area contributed by atoms with E-state index in [4.69, 9.17) is 9.15 Å². The molecule has 0 radical (unpaired) electrons. The maximum Gasteiger partial charge on any atom is 0.312 e. The molecule has 2 aliphatic rings. The number of pyridine rings is 1. The molecule has 1 N–H and O–H groups in total. The Balaban J connectivity index is 1.52. The molecule has 0 spiro atoms. The van der Waals surface area contributed by atoms with Gasteiger partial charge in [0.2, 0.25) is 5.43 Å². The number of benzene rings is 3. The van der Waals surface area contributed by atoms with Crippen LogP contribution < -0.4 is 15.7 Å². The molecule has 2 aromatic heterocycles. The number of hydrogen-bond acceptors (Lipinski definition) is 6. The maximum atomic E-state index is 13.6. The van der Waals surface area contributed by atoms with Gasteiger partial charge in [-0.05, 0) is 29.0 Å². The number of para-hydroxylation sites is 1. The summed E-state index contributed by atoms with van der Waals surface area (Å²) in [4.78, 5) is 39.7. The van der Waals surface area contributed by atoms with Crippen LogP contribution in [0.5, 0.6) is 11.5 Å². The Kier molecular flexibility index (Phi) is 4.27. The molecule has 7 heteroatoms. The van der Waals surface area contributed by atoms with Crippen LogP contribution in [-0.2, 0) is 17.8 Å². The van der Waals surface area contributed by atoms with Crippen molar-refractivity contribution >= 4 is 27.8 Å². The van der Waals surface area contributed by atoms with Gasteiger partial charge in [-0.2, -0.15) is 0 Å². The first-order valence-corrected chi connectivity index (χ1v) is 11.7. The van der Waals surface area contributed by atoms with Crippen molar-refractivity contribution in [3.8, 4) is 22.6 Å². The van der Waals surface area contributed by atoms with Crippen LogP contribution in [0.2, 0.25) is 0 Å². The number of carbonyl (C=O) groups is 1. The molecular weight excluding hydrogens is 458 g/mol. The minimum atomic E-state index is -0.694. The van der Waals surface area contributed by atoms with E-state index >= 15 is 0 Å². The lowest BCUT2D eigenvalue weighted by molar-refractivity contribution is -0.135. The van der Waals surface area contributed by atoms with Gasteiger partial charge in [0.25, 0.3) is 5.56 Å². The highest BCUT2D eigenvalue weighted by atomic mass is 16.5. The number of phenolic OH excluding ortho intramolecular Hbond substituents is 1. The van der Waals surface area contributed by atoms with E-state index in [9.17, 15) is 19.5 Å². The minimum Gasteiger partial charge on any atom is -0.507 e. The summed E-state index contributed by atoms with van der Waals surface area (Å²) in [5.74, 6) is -1.47. The van der Waals surface area contributed by atoms with Crippen LogP contribution in [0.1, 0.15) is 29.0 Å². The van der Waals surface area contributed by atoms with Crippen LogP contribution >= 0.6 is 0 Å². The van der Waals surface area contributed by atoms with Crippen LogP contribution in [0, 0.1) is 0 Å². The summed E-state index contributed by atoms with van der Waals surface area (Å²) in [6.45, 7) is 0.568. The van der Waals surface area contributed by atoms with Gasteiger partial charge in [0.1, 0.15) is 28.7 Å². The zero-order valence-electron chi connectivity index (χ0n) is 19.0. The van der Waals surface area contributed by atoms with E-state index < -0.39 is 17.3 Å². The maximum absolute atomic E-state index is 13.6. The average Bonchev–Trinajstić information content (AvgIpc) is 3.32. The van der Waals surface area contributed by atoms with Crippen molar-refractivity contribution < 1.29 is 19.1 Å². The van der Waals surface area contributed by atoms with Gasteiger partial charge >= 0.3 is 5.97 Å². The van der Waals surface area contributed by atoms with Crippen molar-refractivity contribution in [2.45, 2.75) is 25.3 Å². The highest BCUT2D eigenvalue weighted by Gasteiger charge is 2.36. The number of rotatable bonds is 2. The van der Waals surface area contributed by atoms with Crippen LogP contribution in [0.15, 0.2) is 80.9 Å². The normalized spacial score (nSPS) is 16.3. The third kappa shape index (κ3) is 2.83. The fourth-order valence-electron chi connectivity index (χ4n) is 5.66. The molecule has 0 saturated heterocycles. The predicted octanol–water partition coefficient (Wildman–Crippen LogP) is 4.48. The monoisotopic (exact) mass is 477 g/mol. The van der Waals surface area contributed by atoms with Gasteiger partial charge in [0.15, 0.2) is 0 Å². The second-order valence-corrected chi connectivity index (χ2v) is 9.25. The van der Waals surface area contributed by atoms with E-state index in [0.717, 1.165) is 22.9 Å². The van der Waals surface area contributed by atoms with Crippen molar-refractivity contribution in [2.24, 2.45) is 0 Å². The van der Waals surface area contributed by atoms with Crippen LogP contribution in [0.25, 0.3) is 33.0 Å². The van der Waals surface area contributed by atoms with Crippen molar-refractivity contribution in [3.05, 3.63) is 104 Å². The first-order chi connectivity index (χ1) is 17.5. The fraction of sp³-hybridized carbons (Fsp3) is 0.138. The summed E-state index contributed by atoms with van der Waals surface area (Å²) >= 11 is 0. The number of esters is 1. The third-order valence-electron chi connectivity index (χ3n) is 7.26. The summed E-state index contributed by atoms with van der Waals surface area (Å²) < 4.78 is 13.2. The molecule has 36 heavy (non-hydrogen) atoms. The second-order valence-electron chi connectivity index (χ2n) is 9.25. The molecule has 1 atom stereocenters. The van der Waals surface area contributed by atoms with E-state index in [1.807, 2.05) is 42.5 Å². The zero-order chi connectivity index (χ0) is 24.6. The van der Waals surface area contributed by atoms with Gasteiger partial charge in [0.05, 0.1) is 17.5 Å². The highest BCUT2D eigenvalue weighted by Crippen LogP contribution is 2.45. The van der Waals surface area contributed by atoms with Gasteiger partial charge in [-0.3, -0.25) is 14.4 Å². The Morgan fingerprint density at radius 1 is 0.972 bits per heavy atom. The van der Waals surface area contributed by atoms with E-state index in [0.29, 0.717) is 28.8 Å². The Bertz CT molecular complexity index is 1870. The molecule has 2 aliphatic heterocycles. The molecule has 5 aromatic rings. The molecule has 0 bridgehead atoms. The molecule has 3 aromatic carbocycles. The molecular formula is C29H19NO6. The van der Waals surface area contributed by atoms with Gasteiger partial charge in [-0.1, -0.05) is 48.5 Å². The number of ether oxygens (including phenoxy) is 1. The van der Waals surface area contributed by atoms with Gasteiger partial charge in [-0.15, -0.1) is 0 Å². The molecule has 176 valence electrons. The third-order valence-corrected chi connectivity index (χ3v) is 7.26. The summed E-state index contributed by atoms with van der Waals surface area (Å²) in [7, 11) is 0. The lowest BCUT2D eigenvalue weighted by Gasteiger charge is -2.26. The average molecular weight is 477 g/mol. The van der Waals surface area contributed by atoms with E-state index in [1.165, 1.54) is 12.3 Å². The van der Waals surface area contributed by atoms with Gasteiger partial charge < -0.3 is 18.8 Å². The number of fused-ring (bicyclic) bond motifs is 3. The molecule has 1 unspecified atom stereocenters. The lowest BCUT2D eigenvalue weighted by atomic mass is 9.85. The first-order valence-electron chi connectivity index (χ1n) is 11.7. The van der Waals surface area contributed by atoms with Crippen LogP contribution in [0.3, 0.4) is 0 Å². The van der Waals surface area contributed by atoms with E-state index in [2.05, 4.69) is 0 Å². The fourth-order valence-corrected chi connectivity index (χ4v) is 5.66. The summed E-state index contributed by atoms with van der Waals surface area (Å²) in [6, 6.07) is 18.1. The Morgan fingerprint density at radius 2 is 1.81 bits per heavy atom. The van der Waals surface area contributed by atoms with Crippen LogP contribution in [-0.4, -0.2) is 15.6 Å². The number of aromatic hydroxyl groups is 1. The highest BCUT2D eigenvalue weighted by molar-refractivity contribution is 5.94. The number of aryl methyl sites for hydroxylation is 2.